The average Bonchev–Trinajstić information content (AvgIpc) is 2.61. The van der Waals surface area contributed by atoms with Crippen molar-refractivity contribution in [1.29, 1.82) is 0 Å². The van der Waals surface area contributed by atoms with Crippen LogP contribution in [0.25, 0.3) is 16.7 Å². The zero-order valence-corrected chi connectivity index (χ0v) is 14.0. The first-order chi connectivity index (χ1) is 11.6. The fraction of sp³-hybridized carbons (Fsp3) is 0.333. The van der Waals surface area contributed by atoms with Crippen LogP contribution in [-0.4, -0.2) is 38.8 Å². The molecular formula is C18H21N5O. The number of anilines is 1. The van der Waals surface area contributed by atoms with Gasteiger partial charge in [-0.05, 0) is 25.0 Å². The lowest BCUT2D eigenvalue weighted by Gasteiger charge is -2.27. The van der Waals surface area contributed by atoms with Crippen molar-refractivity contribution in [2.24, 2.45) is 0 Å². The minimum Gasteiger partial charge on any atom is -0.368 e. The minimum absolute atomic E-state index is 0.177. The molecule has 0 saturated carbocycles. The number of nitrogens with zero attached hydrogens (tertiary/aromatic N) is 4. The Morgan fingerprint density at radius 1 is 1.38 bits per heavy atom. The van der Waals surface area contributed by atoms with E-state index in [-0.39, 0.29) is 11.9 Å². The summed E-state index contributed by atoms with van der Waals surface area (Å²) in [5.41, 5.74) is 10.6. The summed E-state index contributed by atoms with van der Waals surface area (Å²) in [7, 11) is 0. The van der Waals surface area contributed by atoms with E-state index >= 15 is 0 Å². The average molecular weight is 323 g/mol. The molecule has 0 unspecified atom stereocenters. The molecule has 24 heavy (non-hydrogen) atoms. The lowest BCUT2D eigenvalue weighted by Crippen LogP contribution is -2.34. The van der Waals surface area contributed by atoms with Crippen LogP contribution in [0.15, 0.2) is 30.6 Å². The minimum atomic E-state index is 0.177. The molecule has 2 aromatic heterocycles. The number of amides is 1. The van der Waals surface area contributed by atoms with Gasteiger partial charge in [-0.1, -0.05) is 19.1 Å². The van der Waals surface area contributed by atoms with Crippen molar-refractivity contribution < 1.29 is 4.79 Å². The van der Waals surface area contributed by atoms with Crippen LogP contribution in [0.5, 0.6) is 0 Å². The number of nitrogens with two attached hydrogens (primary N) is 1. The Labute approximate surface area is 141 Å². The largest absolute Gasteiger partial charge is 0.368 e. The zero-order valence-electron chi connectivity index (χ0n) is 14.0. The molecule has 1 amide bonds. The first-order valence-corrected chi connectivity index (χ1v) is 8.11. The predicted molar refractivity (Wildman–Crippen MR) is 93.9 cm³/mol. The van der Waals surface area contributed by atoms with Crippen LogP contribution >= 0.6 is 0 Å². The molecule has 0 atom stereocenters. The zero-order chi connectivity index (χ0) is 17.1. The van der Waals surface area contributed by atoms with E-state index in [0.717, 1.165) is 34.5 Å². The van der Waals surface area contributed by atoms with Gasteiger partial charge in [-0.2, -0.15) is 0 Å². The Balaban J connectivity index is 2.03. The third kappa shape index (κ3) is 3.13. The molecule has 2 N–H and O–H groups in total. The van der Waals surface area contributed by atoms with Crippen LogP contribution in [0.3, 0.4) is 0 Å². The van der Waals surface area contributed by atoms with Gasteiger partial charge in [-0.25, -0.2) is 9.97 Å². The van der Waals surface area contributed by atoms with Crippen molar-refractivity contribution in [1.82, 2.24) is 19.9 Å². The Kier molecular flexibility index (Phi) is 4.55. The molecule has 3 heterocycles. The first-order valence-electron chi connectivity index (χ1n) is 8.11. The van der Waals surface area contributed by atoms with Crippen LogP contribution in [-0.2, 0) is 4.79 Å². The van der Waals surface area contributed by atoms with E-state index in [1.807, 2.05) is 37.1 Å². The van der Waals surface area contributed by atoms with Gasteiger partial charge in [0, 0.05) is 43.0 Å². The van der Waals surface area contributed by atoms with Gasteiger partial charge in [0.2, 0.25) is 11.9 Å². The molecule has 0 aliphatic carbocycles. The van der Waals surface area contributed by atoms with E-state index in [1.165, 1.54) is 0 Å². The second kappa shape index (κ2) is 6.78. The number of pyridine rings is 1. The number of aryl methyl sites for hydroxylation is 1. The van der Waals surface area contributed by atoms with Crippen molar-refractivity contribution in [3.8, 4) is 11.1 Å². The van der Waals surface area contributed by atoms with Crippen LogP contribution in [0.1, 0.15) is 31.2 Å². The van der Waals surface area contributed by atoms with E-state index in [0.29, 0.717) is 19.5 Å². The first kappa shape index (κ1) is 16.1. The van der Waals surface area contributed by atoms with Crippen molar-refractivity contribution in [3.05, 3.63) is 42.0 Å². The Bertz CT molecular complexity index is 785. The summed E-state index contributed by atoms with van der Waals surface area (Å²) in [5, 5.41) is 0. The smallest absolute Gasteiger partial charge is 0.222 e. The SMILES string of the molecule is CCC(=O)N1CC=C(c2nc(N)nc(C)c2-c2cccnc2)CC1. The van der Waals surface area contributed by atoms with Crippen LogP contribution < -0.4 is 5.73 Å². The summed E-state index contributed by atoms with van der Waals surface area (Å²) in [5.74, 6) is 0.444. The summed E-state index contributed by atoms with van der Waals surface area (Å²) in [4.78, 5) is 26.7. The fourth-order valence-corrected chi connectivity index (χ4v) is 3.02. The maximum atomic E-state index is 11.8. The van der Waals surface area contributed by atoms with E-state index in [9.17, 15) is 4.79 Å². The molecule has 0 aromatic carbocycles. The summed E-state index contributed by atoms with van der Waals surface area (Å²) in [6.45, 7) is 5.13. The lowest BCUT2D eigenvalue weighted by molar-refractivity contribution is -0.130. The number of carbonyl (C=O) groups is 1. The second-order valence-electron chi connectivity index (χ2n) is 5.81. The van der Waals surface area contributed by atoms with E-state index in [2.05, 4.69) is 21.0 Å². The monoisotopic (exact) mass is 323 g/mol. The van der Waals surface area contributed by atoms with Crippen molar-refractivity contribution in [3.63, 3.8) is 0 Å². The van der Waals surface area contributed by atoms with Gasteiger partial charge in [0.25, 0.3) is 0 Å². The fourth-order valence-electron chi connectivity index (χ4n) is 3.02. The highest BCUT2D eigenvalue weighted by Crippen LogP contribution is 2.32. The van der Waals surface area contributed by atoms with Gasteiger partial charge in [-0.3, -0.25) is 9.78 Å². The van der Waals surface area contributed by atoms with Crippen molar-refractivity contribution in [2.75, 3.05) is 18.8 Å². The maximum Gasteiger partial charge on any atom is 0.222 e. The Morgan fingerprint density at radius 2 is 2.21 bits per heavy atom. The third-order valence-electron chi connectivity index (χ3n) is 4.23. The number of hydrogen-bond acceptors (Lipinski definition) is 5. The third-order valence-corrected chi connectivity index (χ3v) is 4.23. The van der Waals surface area contributed by atoms with Crippen LogP contribution in [0.2, 0.25) is 0 Å². The Morgan fingerprint density at radius 3 is 2.83 bits per heavy atom. The van der Waals surface area contributed by atoms with Gasteiger partial charge in [0.05, 0.1) is 11.4 Å². The van der Waals surface area contributed by atoms with Gasteiger partial charge in [-0.15, -0.1) is 0 Å². The molecule has 0 saturated heterocycles. The maximum absolute atomic E-state index is 11.8. The van der Waals surface area contributed by atoms with Gasteiger partial charge >= 0.3 is 0 Å². The molecule has 124 valence electrons. The molecule has 3 rings (SSSR count). The molecule has 0 spiro atoms. The van der Waals surface area contributed by atoms with Crippen molar-refractivity contribution >= 4 is 17.4 Å². The number of nitrogen functional groups attached to an aromatic ring is 1. The molecule has 0 bridgehead atoms. The quantitative estimate of drug-likeness (QED) is 0.938. The lowest BCUT2D eigenvalue weighted by atomic mass is 9.95. The number of hydrogen-bond donors (Lipinski definition) is 1. The molecule has 1 aliphatic rings. The van der Waals surface area contributed by atoms with Crippen LogP contribution in [0.4, 0.5) is 5.95 Å². The summed E-state index contributed by atoms with van der Waals surface area (Å²) in [6.07, 6.45) is 6.91. The Hall–Kier alpha value is -2.76. The topological polar surface area (TPSA) is 85.0 Å². The highest BCUT2D eigenvalue weighted by molar-refractivity contribution is 5.83. The number of aromatic nitrogens is 3. The van der Waals surface area contributed by atoms with E-state index < -0.39 is 0 Å². The summed E-state index contributed by atoms with van der Waals surface area (Å²) >= 11 is 0. The second-order valence-corrected chi connectivity index (χ2v) is 5.81. The molecule has 1 aliphatic heterocycles. The van der Waals surface area contributed by atoms with E-state index in [1.54, 1.807) is 6.20 Å². The number of rotatable bonds is 3. The molecule has 6 heteroatoms. The van der Waals surface area contributed by atoms with Gasteiger partial charge in [0.15, 0.2) is 0 Å². The standard InChI is InChI=1S/C18H21N5O/c1-3-15(24)23-9-6-13(7-10-23)17-16(12(2)21-18(19)22-17)14-5-4-8-20-11-14/h4-6,8,11H,3,7,9-10H2,1-2H3,(H2,19,21,22). The molecule has 6 nitrogen and oxygen atoms in total. The molecule has 0 radical (unpaired) electrons. The van der Waals surface area contributed by atoms with Crippen molar-refractivity contribution in [2.45, 2.75) is 26.7 Å². The normalized spacial score (nSPS) is 14.4. The summed E-state index contributed by atoms with van der Waals surface area (Å²) in [6, 6.07) is 3.89. The predicted octanol–water partition coefficient (Wildman–Crippen LogP) is 2.45. The van der Waals surface area contributed by atoms with Gasteiger partial charge < -0.3 is 10.6 Å². The molecular weight excluding hydrogens is 302 g/mol. The summed E-state index contributed by atoms with van der Waals surface area (Å²) < 4.78 is 0. The molecule has 2 aromatic rings. The van der Waals surface area contributed by atoms with Gasteiger partial charge in [0.1, 0.15) is 0 Å². The molecule has 0 fully saturated rings. The highest BCUT2D eigenvalue weighted by Gasteiger charge is 2.21. The highest BCUT2D eigenvalue weighted by atomic mass is 16.2. The van der Waals surface area contributed by atoms with E-state index in [4.69, 9.17) is 5.73 Å². The number of carbonyl (C=O) groups excluding carboxylic acids is 1. The van der Waals surface area contributed by atoms with Crippen LogP contribution in [0, 0.1) is 6.92 Å².